The Balaban J connectivity index is 2.62. The van der Waals surface area contributed by atoms with Crippen LogP contribution in [0.15, 0.2) is 24.3 Å². The van der Waals surface area contributed by atoms with Gasteiger partial charge in [0, 0.05) is 5.69 Å². The minimum Gasteiger partial charge on any atom is -0.464 e. The second-order valence-electron chi connectivity index (χ2n) is 4.51. The first-order valence-corrected chi connectivity index (χ1v) is 8.05. The first kappa shape index (κ1) is 15.9. The van der Waals surface area contributed by atoms with Crippen molar-refractivity contribution in [3.05, 3.63) is 29.8 Å². The molecule has 0 aliphatic rings. The van der Waals surface area contributed by atoms with Gasteiger partial charge in [-0.15, -0.1) is 0 Å². The summed E-state index contributed by atoms with van der Waals surface area (Å²) >= 11 is 1.74. The standard InChI is InChI=1S/C15H23NO2S/c1-4-10-18-15(17)14(9-11-19-3)16-13-7-5-12(2)6-8-13/h5-8,14,16H,4,9-11H2,1-3H3/t14-/m0/s1. The average Bonchev–Trinajstić information content (AvgIpc) is 2.42. The number of ether oxygens (including phenoxy) is 1. The molecule has 1 aromatic rings. The molecule has 19 heavy (non-hydrogen) atoms. The van der Waals surface area contributed by atoms with Crippen LogP contribution in [0.4, 0.5) is 5.69 Å². The Morgan fingerprint density at radius 2 is 2.05 bits per heavy atom. The van der Waals surface area contributed by atoms with E-state index in [1.807, 2.05) is 44.4 Å². The predicted octanol–water partition coefficient (Wildman–Crippen LogP) is 3.48. The first-order valence-electron chi connectivity index (χ1n) is 6.66. The second kappa shape index (κ2) is 8.86. The van der Waals surface area contributed by atoms with Crippen molar-refractivity contribution in [1.29, 1.82) is 0 Å². The number of benzene rings is 1. The fraction of sp³-hybridized carbons (Fsp3) is 0.533. The van der Waals surface area contributed by atoms with E-state index in [2.05, 4.69) is 5.32 Å². The molecular formula is C15H23NO2S. The molecule has 106 valence electrons. The van der Waals surface area contributed by atoms with Gasteiger partial charge in [-0.1, -0.05) is 24.6 Å². The zero-order valence-corrected chi connectivity index (χ0v) is 12.8. The van der Waals surface area contributed by atoms with Gasteiger partial charge in [0.05, 0.1) is 6.61 Å². The van der Waals surface area contributed by atoms with Gasteiger partial charge in [-0.05, 0) is 43.9 Å². The number of nitrogens with one attached hydrogen (secondary N) is 1. The molecule has 3 nitrogen and oxygen atoms in total. The maximum atomic E-state index is 12.0. The normalized spacial score (nSPS) is 11.9. The lowest BCUT2D eigenvalue weighted by Crippen LogP contribution is -2.32. The summed E-state index contributed by atoms with van der Waals surface area (Å²) in [4.78, 5) is 12.0. The van der Waals surface area contributed by atoms with Gasteiger partial charge in [0.1, 0.15) is 6.04 Å². The Morgan fingerprint density at radius 1 is 1.37 bits per heavy atom. The van der Waals surface area contributed by atoms with E-state index in [9.17, 15) is 4.79 Å². The molecule has 1 aromatic carbocycles. The lowest BCUT2D eigenvalue weighted by molar-refractivity contribution is -0.144. The molecule has 0 aliphatic carbocycles. The number of carbonyl (C=O) groups is 1. The minimum absolute atomic E-state index is 0.156. The van der Waals surface area contributed by atoms with Crippen LogP contribution in [-0.4, -0.2) is 30.6 Å². The van der Waals surface area contributed by atoms with Gasteiger partial charge in [-0.25, -0.2) is 4.79 Å². The van der Waals surface area contributed by atoms with Crippen LogP contribution in [0.3, 0.4) is 0 Å². The third-order valence-corrected chi connectivity index (χ3v) is 3.38. The van der Waals surface area contributed by atoms with Crippen LogP contribution in [0.1, 0.15) is 25.3 Å². The molecule has 1 rings (SSSR count). The van der Waals surface area contributed by atoms with Crippen molar-refractivity contribution in [2.24, 2.45) is 0 Å². The summed E-state index contributed by atoms with van der Waals surface area (Å²) in [5.74, 6) is 0.779. The summed E-state index contributed by atoms with van der Waals surface area (Å²) in [6, 6.07) is 7.79. The highest BCUT2D eigenvalue weighted by atomic mass is 32.2. The zero-order valence-electron chi connectivity index (χ0n) is 11.9. The molecule has 0 saturated carbocycles. The van der Waals surface area contributed by atoms with Gasteiger partial charge in [0.15, 0.2) is 0 Å². The third kappa shape index (κ3) is 6.01. The maximum absolute atomic E-state index is 12.0. The van der Waals surface area contributed by atoms with Crippen LogP contribution in [0.2, 0.25) is 0 Å². The maximum Gasteiger partial charge on any atom is 0.328 e. The number of thioether (sulfide) groups is 1. The van der Waals surface area contributed by atoms with Crippen molar-refractivity contribution in [1.82, 2.24) is 0 Å². The quantitative estimate of drug-likeness (QED) is 0.740. The Labute approximate surface area is 120 Å². The van der Waals surface area contributed by atoms with E-state index in [1.165, 1.54) is 5.56 Å². The Kier molecular flexibility index (Phi) is 7.41. The molecule has 0 heterocycles. The van der Waals surface area contributed by atoms with Crippen molar-refractivity contribution in [3.63, 3.8) is 0 Å². The molecule has 0 fully saturated rings. The molecule has 0 saturated heterocycles. The highest BCUT2D eigenvalue weighted by molar-refractivity contribution is 7.98. The smallest absolute Gasteiger partial charge is 0.328 e. The van der Waals surface area contributed by atoms with Gasteiger partial charge in [0.25, 0.3) is 0 Å². The predicted molar refractivity (Wildman–Crippen MR) is 82.8 cm³/mol. The Hall–Kier alpha value is -1.16. The highest BCUT2D eigenvalue weighted by Crippen LogP contribution is 2.13. The van der Waals surface area contributed by atoms with Gasteiger partial charge in [-0.3, -0.25) is 0 Å². The Morgan fingerprint density at radius 3 is 2.63 bits per heavy atom. The van der Waals surface area contributed by atoms with E-state index in [0.29, 0.717) is 6.61 Å². The van der Waals surface area contributed by atoms with Crippen molar-refractivity contribution in [3.8, 4) is 0 Å². The van der Waals surface area contributed by atoms with Crippen LogP contribution in [0, 0.1) is 6.92 Å². The molecular weight excluding hydrogens is 258 g/mol. The summed E-state index contributed by atoms with van der Waals surface area (Å²) in [7, 11) is 0. The number of carbonyl (C=O) groups excluding carboxylic acids is 1. The topological polar surface area (TPSA) is 38.3 Å². The number of aryl methyl sites for hydroxylation is 1. The van der Waals surface area contributed by atoms with Crippen molar-refractivity contribution >= 4 is 23.4 Å². The van der Waals surface area contributed by atoms with Crippen LogP contribution in [-0.2, 0) is 9.53 Å². The number of rotatable bonds is 8. The number of hydrogen-bond acceptors (Lipinski definition) is 4. The van der Waals surface area contributed by atoms with E-state index < -0.39 is 0 Å². The summed E-state index contributed by atoms with van der Waals surface area (Å²) in [6.45, 7) is 4.53. The van der Waals surface area contributed by atoms with Crippen LogP contribution in [0.25, 0.3) is 0 Å². The van der Waals surface area contributed by atoms with Crippen LogP contribution >= 0.6 is 11.8 Å². The zero-order chi connectivity index (χ0) is 14.1. The van der Waals surface area contributed by atoms with E-state index in [-0.39, 0.29) is 12.0 Å². The molecule has 0 bridgehead atoms. The number of hydrogen-bond donors (Lipinski definition) is 1. The average molecular weight is 281 g/mol. The SMILES string of the molecule is CCCOC(=O)[C@H](CCSC)Nc1ccc(C)cc1. The number of esters is 1. The highest BCUT2D eigenvalue weighted by Gasteiger charge is 2.19. The molecule has 0 aromatic heterocycles. The van der Waals surface area contributed by atoms with Crippen molar-refractivity contribution in [2.75, 3.05) is 23.9 Å². The summed E-state index contributed by atoms with van der Waals surface area (Å²) in [5.41, 5.74) is 2.17. The minimum atomic E-state index is -0.262. The largest absolute Gasteiger partial charge is 0.464 e. The van der Waals surface area contributed by atoms with Gasteiger partial charge >= 0.3 is 5.97 Å². The fourth-order valence-corrected chi connectivity index (χ4v) is 2.11. The molecule has 0 aliphatic heterocycles. The van der Waals surface area contributed by atoms with Gasteiger partial charge in [0.2, 0.25) is 0 Å². The molecule has 4 heteroatoms. The second-order valence-corrected chi connectivity index (χ2v) is 5.50. The lowest BCUT2D eigenvalue weighted by atomic mass is 10.2. The van der Waals surface area contributed by atoms with Gasteiger partial charge in [-0.2, -0.15) is 11.8 Å². The molecule has 0 spiro atoms. The Bertz CT molecular complexity index is 378. The molecule has 1 N–H and O–H groups in total. The van der Waals surface area contributed by atoms with Crippen molar-refractivity contribution in [2.45, 2.75) is 32.7 Å². The third-order valence-electron chi connectivity index (χ3n) is 2.74. The molecule has 0 amide bonds. The van der Waals surface area contributed by atoms with Gasteiger partial charge < -0.3 is 10.1 Å². The van der Waals surface area contributed by atoms with Crippen LogP contribution in [0.5, 0.6) is 0 Å². The first-order chi connectivity index (χ1) is 9.17. The summed E-state index contributed by atoms with van der Waals surface area (Å²) in [6.07, 6.45) is 3.67. The lowest BCUT2D eigenvalue weighted by Gasteiger charge is -2.18. The van der Waals surface area contributed by atoms with Crippen molar-refractivity contribution < 1.29 is 9.53 Å². The van der Waals surface area contributed by atoms with E-state index in [0.717, 1.165) is 24.3 Å². The molecule has 1 atom stereocenters. The van der Waals surface area contributed by atoms with Crippen LogP contribution < -0.4 is 5.32 Å². The molecule has 0 unspecified atom stereocenters. The summed E-state index contributed by atoms with van der Waals surface area (Å²) in [5, 5.41) is 3.26. The fourth-order valence-electron chi connectivity index (χ4n) is 1.64. The van der Waals surface area contributed by atoms with E-state index >= 15 is 0 Å². The molecule has 0 radical (unpaired) electrons. The summed E-state index contributed by atoms with van der Waals surface area (Å²) < 4.78 is 5.24. The van der Waals surface area contributed by atoms with E-state index in [1.54, 1.807) is 11.8 Å². The monoisotopic (exact) mass is 281 g/mol. The van der Waals surface area contributed by atoms with E-state index in [4.69, 9.17) is 4.74 Å². The number of anilines is 1.